The summed E-state index contributed by atoms with van der Waals surface area (Å²) in [5.41, 5.74) is 4.98. The lowest BCUT2D eigenvalue weighted by molar-refractivity contribution is 0.102. The Hall–Kier alpha value is -3.87. The van der Waals surface area contributed by atoms with Crippen molar-refractivity contribution in [1.82, 2.24) is 20.0 Å². The number of nitrogens with zero attached hydrogens (tertiary/aromatic N) is 3. The fourth-order valence-corrected chi connectivity index (χ4v) is 3.02. The Bertz CT molecular complexity index is 1130. The molecular weight excluding hydrogens is 366 g/mol. The molecular formula is C22H21N5O2. The van der Waals surface area contributed by atoms with Gasteiger partial charge in [0.05, 0.1) is 31.2 Å². The number of amides is 1. The van der Waals surface area contributed by atoms with Gasteiger partial charge in [0, 0.05) is 11.8 Å². The van der Waals surface area contributed by atoms with Gasteiger partial charge in [0.25, 0.3) is 5.91 Å². The summed E-state index contributed by atoms with van der Waals surface area (Å²) in [7, 11) is 1.62. The molecule has 29 heavy (non-hydrogen) atoms. The highest BCUT2D eigenvalue weighted by atomic mass is 16.5. The number of nitrogens with one attached hydrogen (secondary N) is 2. The summed E-state index contributed by atoms with van der Waals surface area (Å²) in [6, 6.07) is 17.4. The number of ether oxygens (including phenoxy) is 1. The molecule has 0 unspecified atom stereocenters. The van der Waals surface area contributed by atoms with Crippen molar-refractivity contribution in [2.45, 2.75) is 13.5 Å². The van der Waals surface area contributed by atoms with Crippen molar-refractivity contribution in [1.29, 1.82) is 0 Å². The maximum atomic E-state index is 12.5. The van der Waals surface area contributed by atoms with E-state index in [9.17, 15) is 4.79 Å². The fourth-order valence-electron chi connectivity index (χ4n) is 3.02. The van der Waals surface area contributed by atoms with Crippen LogP contribution in [-0.2, 0) is 6.54 Å². The summed E-state index contributed by atoms with van der Waals surface area (Å²) in [6.07, 6.45) is 3.45. The summed E-state index contributed by atoms with van der Waals surface area (Å²) in [5, 5.41) is 14.2. The van der Waals surface area contributed by atoms with Gasteiger partial charge in [-0.1, -0.05) is 24.3 Å². The van der Waals surface area contributed by atoms with Gasteiger partial charge in [0.15, 0.2) is 0 Å². The molecule has 2 aromatic carbocycles. The minimum atomic E-state index is -0.271. The second-order valence-electron chi connectivity index (χ2n) is 6.70. The molecule has 0 radical (unpaired) electrons. The first kappa shape index (κ1) is 18.5. The molecule has 0 aliphatic rings. The molecule has 0 saturated carbocycles. The molecule has 2 aromatic heterocycles. The predicted octanol–water partition coefficient (Wildman–Crippen LogP) is 3.89. The average Bonchev–Trinajstić information content (AvgIpc) is 3.40. The Kier molecular flexibility index (Phi) is 5.11. The lowest BCUT2D eigenvalue weighted by atomic mass is 10.1. The van der Waals surface area contributed by atoms with Crippen LogP contribution in [0.2, 0.25) is 0 Å². The average molecular weight is 387 g/mol. The number of H-pyrrole nitrogens is 1. The van der Waals surface area contributed by atoms with Crippen LogP contribution in [0, 0.1) is 6.92 Å². The molecule has 0 aliphatic carbocycles. The van der Waals surface area contributed by atoms with Crippen molar-refractivity contribution >= 4 is 11.6 Å². The number of hydrogen-bond acceptors (Lipinski definition) is 4. The zero-order valence-corrected chi connectivity index (χ0v) is 16.2. The van der Waals surface area contributed by atoms with Gasteiger partial charge < -0.3 is 10.1 Å². The molecule has 0 saturated heterocycles. The normalized spacial score (nSPS) is 10.7. The highest BCUT2D eigenvalue weighted by Gasteiger charge is 2.12. The van der Waals surface area contributed by atoms with Crippen LogP contribution < -0.4 is 10.1 Å². The van der Waals surface area contributed by atoms with E-state index in [4.69, 9.17) is 4.74 Å². The lowest BCUT2D eigenvalue weighted by Crippen LogP contribution is -2.11. The molecule has 0 aliphatic heterocycles. The molecule has 0 atom stereocenters. The van der Waals surface area contributed by atoms with E-state index in [1.54, 1.807) is 24.1 Å². The van der Waals surface area contributed by atoms with E-state index in [-0.39, 0.29) is 5.91 Å². The van der Waals surface area contributed by atoms with E-state index in [0.717, 1.165) is 11.3 Å². The van der Waals surface area contributed by atoms with Gasteiger partial charge in [0.2, 0.25) is 0 Å². The van der Waals surface area contributed by atoms with E-state index < -0.39 is 0 Å². The maximum Gasteiger partial charge on any atom is 0.273 e. The van der Waals surface area contributed by atoms with Crippen molar-refractivity contribution in [3.05, 3.63) is 83.8 Å². The molecule has 0 spiro atoms. The summed E-state index contributed by atoms with van der Waals surface area (Å²) in [5.74, 6) is 0.498. The molecule has 2 N–H and O–H groups in total. The molecule has 146 valence electrons. The number of rotatable bonds is 6. The topological polar surface area (TPSA) is 84.8 Å². The zero-order valence-electron chi connectivity index (χ0n) is 16.2. The minimum Gasteiger partial charge on any atom is -0.497 e. The zero-order chi connectivity index (χ0) is 20.2. The van der Waals surface area contributed by atoms with Crippen LogP contribution in [0.1, 0.15) is 21.6 Å². The Balaban J connectivity index is 1.43. The Morgan fingerprint density at radius 1 is 1.17 bits per heavy atom. The largest absolute Gasteiger partial charge is 0.497 e. The standard InChI is InChI=1S/C22H21N5O2/c1-15-5-3-4-6-17(15)13-27-14-18(12-23-27)24-22(28)21-11-20(25-26-21)16-7-9-19(29-2)10-8-16/h3-12,14H,13H2,1-2H3,(H,24,28)(H,25,26). The summed E-state index contributed by atoms with van der Waals surface area (Å²) in [6.45, 7) is 2.72. The van der Waals surface area contributed by atoms with Crippen molar-refractivity contribution in [2.24, 2.45) is 0 Å². The Morgan fingerprint density at radius 2 is 1.97 bits per heavy atom. The van der Waals surface area contributed by atoms with Crippen LogP contribution in [0.15, 0.2) is 67.0 Å². The first-order valence-corrected chi connectivity index (χ1v) is 9.20. The molecule has 7 heteroatoms. The predicted molar refractivity (Wildman–Crippen MR) is 111 cm³/mol. The third kappa shape index (κ3) is 4.19. The third-order valence-electron chi connectivity index (χ3n) is 4.69. The molecule has 4 aromatic rings. The van der Waals surface area contributed by atoms with Gasteiger partial charge in [-0.3, -0.25) is 14.6 Å². The number of carbonyl (C=O) groups is 1. The molecule has 4 rings (SSSR count). The van der Waals surface area contributed by atoms with E-state index in [1.807, 2.05) is 42.6 Å². The second-order valence-corrected chi connectivity index (χ2v) is 6.70. The van der Waals surface area contributed by atoms with Gasteiger partial charge in [-0.25, -0.2) is 0 Å². The van der Waals surface area contributed by atoms with Crippen molar-refractivity contribution in [2.75, 3.05) is 12.4 Å². The van der Waals surface area contributed by atoms with Gasteiger partial charge in [-0.15, -0.1) is 0 Å². The highest BCUT2D eigenvalue weighted by Crippen LogP contribution is 2.21. The van der Waals surface area contributed by atoms with Crippen LogP contribution in [0.4, 0.5) is 5.69 Å². The summed E-state index contributed by atoms with van der Waals surface area (Å²) in [4.78, 5) is 12.5. The number of methoxy groups -OCH3 is 1. The number of carbonyl (C=O) groups excluding carboxylic acids is 1. The van der Waals surface area contributed by atoms with Crippen molar-refractivity contribution in [3.8, 4) is 17.0 Å². The maximum absolute atomic E-state index is 12.5. The van der Waals surface area contributed by atoms with E-state index in [1.165, 1.54) is 11.1 Å². The minimum absolute atomic E-state index is 0.271. The van der Waals surface area contributed by atoms with Crippen LogP contribution in [0.3, 0.4) is 0 Å². The molecule has 1 amide bonds. The Labute approximate surface area is 168 Å². The summed E-state index contributed by atoms with van der Waals surface area (Å²) >= 11 is 0. The number of benzene rings is 2. The van der Waals surface area contributed by atoms with E-state index in [0.29, 0.717) is 23.6 Å². The van der Waals surface area contributed by atoms with Crippen LogP contribution in [0.25, 0.3) is 11.3 Å². The third-order valence-corrected chi connectivity index (χ3v) is 4.69. The molecule has 2 heterocycles. The first-order chi connectivity index (χ1) is 14.1. The second kappa shape index (κ2) is 8.02. The first-order valence-electron chi connectivity index (χ1n) is 9.20. The number of aryl methyl sites for hydroxylation is 1. The van der Waals surface area contributed by atoms with Crippen molar-refractivity contribution in [3.63, 3.8) is 0 Å². The number of hydrogen-bond donors (Lipinski definition) is 2. The number of aromatic nitrogens is 4. The SMILES string of the molecule is COc1ccc(-c2cc(C(=O)Nc3cnn(Cc4ccccc4C)c3)[nH]n2)cc1. The van der Waals surface area contributed by atoms with Crippen molar-refractivity contribution < 1.29 is 9.53 Å². The number of aromatic amines is 1. The Morgan fingerprint density at radius 3 is 2.72 bits per heavy atom. The lowest BCUT2D eigenvalue weighted by Gasteiger charge is -2.05. The quantitative estimate of drug-likeness (QED) is 0.526. The molecule has 7 nitrogen and oxygen atoms in total. The number of anilines is 1. The fraction of sp³-hybridized carbons (Fsp3) is 0.136. The van der Waals surface area contributed by atoms with Gasteiger partial charge >= 0.3 is 0 Å². The molecule has 0 fully saturated rings. The monoisotopic (exact) mass is 387 g/mol. The molecule has 0 bridgehead atoms. The van der Waals surface area contributed by atoms with Gasteiger partial charge in [-0.2, -0.15) is 10.2 Å². The van der Waals surface area contributed by atoms with Gasteiger partial charge in [0.1, 0.15) is 11.4 Å². The van der Waals surface area contributed by atoms with Crippen LogP contribution in [-0.4, -0.2) is 33.0 Å². The van der Waals surface area contributed by atoms with E-state index in [2.05, 4.69) is 39.7 Å². The smallest absolute Gasteiger partial charge is 0.273 e. The van der Waals surface area contributed by atoms with Gasteiger partial charge in [-0.05, 0) is 48.4 Å². The van der Waals surface area contributed by atoms with E-state index >= 15 is 0 Å². The highest BCUT2D eigenvalue weighted by molar-refractivity contribution is 6.03. The van der Waals surface area contributed by atoms with Crippen LogP contribution >= 0.6 is 0 Å². The van der Waals surface area contributed by atoms with Crippen LogP contribution in [0.5, 0.6) is 5.75 Å². The summed E-state index contributed by atoms with van der Waals surface area (Å²) < 4.78 is 6.96.